The van der Waals surface area contributed by atoms with E-state index < -0.39 is 0 Å². The Bertz CT molecular complexity index is 250. The zero-order valence-corrected chi connectivity index (χ0v) is 9.15. The molecule has 0 spiro atoms. The molecule has 3 heteroatoms. The Morgan fingerprint density at radius 1 is 1.27 bits per heavy atom. The molecule has 1 aliphatic rings. The molecule has 3 nitrogen and oxygen atoms in total. The molecule has 84 valence electrons. The van der Waals surface area contributed by atoms with E-state index in [1.807, 2.05) is 19.1 Å². The summed E-state index contributed by atoms with van der Waals surface area (Å²) in [6, 6.07) is 0.233. The number of carbonyl (C=O) groups is 1. The van der Waals surface area contributed by atoms with Crippen LogP contribution >= 0.6 is 0 Å². The van der Waals surface area contributed by atoms with Gasteiger partial charge in [-0.05, 0) is 32.6 Å². The smallest absolute Gasteiger partial charge is 0.244 e. The molecule has 0 radical (unpaired) electrons. The van der Waals surface area contributed by atoms with E-state index in [0.29, 0.717) is 0 Å². The lowest BCUT2D eigenvalue weighted by Crippen LogP contribution is -2.37. The van der Waals surface area contributed by atoms with Gasteiger partial charge in [0.25, 0.3) is 0 Å². The molecule has 2 N–H and O–H groups in total. The van der Waals surface area contributed by atoms with E-state index in [-0.39, 0.29) is 18.1 Å². The summed E-state index contributed by atoms with van der Waals surface area (Å²) in [6.07, 6.45) is 10.1. The predicted molar refractivity (Wildman–Crippen MR) is 60.4 cm³/mol. The Morgan fingerprint density at radius 3 is 2.53 bits per heavy atom. The molecular weight excluding hydrogens is 190 g/mol. The highest BCUT2D eigenvalue weighted by Crippen LogP contribution is 2.18. The molecule has 1 amide bonds. The van der Waals surface area contributed by atoms with Crippen molar-refractivity contribution in [1.82, 2.24) is 5.32 Å². The lowest BCUT2D eigenvalue weighted by Gasteiger charge is -2.25. The first kappa shape index (κ1) is 12.0. The molecule has 0 aromatic heterocycles. The number of nitrogens with one attached hydrogen (secondary N) is 1. The van der Waals surface area contributed by atoms with E-state index in [9.17, 15) is 9.90 Å². The van der Waals surface area contributed by atoms with Gasteiger partial charge in [-0.2, -0.15) is 0 Å². The predicted octanol–water partition coefficient (Wildman–Crippen LogP) is 1.54. The number of hydrogen-bond acceptors (Lipinski definition) is 2. The second-order valence-corrected chi connectivity index (χ2v) is 3.90. The van der Waals surface area contributed by atoms with Crippen LogP contribution in [-0.2, 0) is 4.79 Å². The SMILES string of the molecule is CC=CC=CC(=O)NC1CCC(O)CC1. The van der Waals surface area contributed by atoms with E-state index in [1.54, 1.807) is 6.08 Å². The van der Waals surface area contributed by atoms with Crippen molar-refractivity contribution in [3.63, 3.8) is 0 Å². The summed E-state index contributed by atoms with van der Waals surface area (Å²) in [4.78, 5) is 11.4. The minimum atomic E-state index is -0.170. The largest absolute Gasteiger partial charge is 0.393 e. The third-order valence-electron chi connectivity index (χ3n) is 2.59. The molecule has 0 heterocycles. The minimum absolute atomic E-state index is 0.0468. The molecule has 0 atom stereocenters. The van der Waals surface area contributed by atoms with Crippen molar-refractivity contribution in [2.24, 2.45) is 0 Å². The Hall–Kier alpha value is -1.09. The normalized spacial score (nSPS) is 27.3. The Kier molecular flexibility index (Phi) is 5.12. The van der Waals surface area contributed by atoms with Crippen LogP contribution in [-0.4, -0.2) is 23.2 Å². The summed E-state index contributed by atoms with van der Waals surface area (Å²) in [6.45, 7) is 1.91. The van der Waals surface area contributed by atoms with Gasteiger partial charge in [0.1, 0.15) is 0 Å². The standard InChI is InChI=1S/C12H19NO2/c1-2-3-4-5-12(15)13-10-6-8-11(14)9-7-10/h2-5,10-11,14H,6-9H2,1H3,(H,13,15). The molecule has 0 saturated heterocycles. The maximum Gasteiger partial charge on any atom is 0.244 e. The first-order valence-electron chi connectivity index (χ1n) is 5.50. The van der Waals surface area contributed by atoms with E-state index in [1.165, 1.54) is 6.08 Å². The fourth-order valence-corrected chi connectivity index (χ4v) is 1.72. The summed E-state index contributed by atoms with van der Waals surface area (Å²) in [5.74, 6) is -0.0468. The van der Waals surface area contributed by atoms with Crippen LogP contribution in [0, 0.1) is 0 Å². The number of aliphatic hydroxyl groups excluding tert-OH is 1. The summed E-state index contributed by atoms with van der Waals surface area (Å²) in [5, 5.41) is 12.2. The minimum Gasteiger partial charge on any atom is -0.393 e. The number of hydrogen-bond donors (Lipinski definition) is 2. The van der Waals surface area contributed by atoms with E-state index in [2.05, 4.69) is 5.32 Å². The van der Waals surface area contributed by atoms with Crippen LogP contribution in [0.1, 0.15) is 32.6 Å². The van der Waals surface area contributed by atoms with Gasteiger partial charge in [-0.15, -0.1) is 0 Å². The average molecular weight is 209 g/mol. The molecule has 0 bridgehead atoms. The first-order valence-corrected chi connectivity index (χ1v) is 5.50. The van der Waals surface area contributed by atoms with Gasteiger partial charge >= 0.3 is 0 Å². The van der Waals surface area contributed by atoms with E-state index >= 15 is 0 Å². The van der Waals surface area contributed by atoms with Gasteiger partial charge in [0.15, 0.2) is 0 Å². The van der Waals surface area contributed by atoms with Gasteiger partial charge in [-0.1, -0.05) is 18.2 Å². The molecule has 0 aromatic rings. The summed E-state index contributed by atoms with van der Waals surface area (Å²) >= 11 is 0. The van der Waals surface area contributed by atoms with Gasteiger partial charge in [-0.3, -0.25) is 4.79 Å². The highest BCUT2D eigenvalue weighted by Gasteiger charge is 2.19. The van der Waals surface area contributed by atoms with E-state index in [0.717, 1.165) is 25.7 Å². The van der Waals surface area contributed by atoms with Crippen molar-refractivity contribution >= 4 is 5.91 Å². The van der Waals surface area contributed by atoms with Crippen LogP contribution in [0.25, 0.3) is 0 Å². The third kappa shape index (κ3) is 4.79. The first-order chi connectivity index (χ1) is 7.22. The van der Waals surface area contributed by atoms with Crippen molar-refractivity contribution in [3.8, 4) is 0 Å². The zero-order valence-electron chi connectivity index (χ0n) is 9.15. The fourth-order valence-electron chi connectivity index (χ4n) is 1.72. The van der Waals surface area contributed by atoms with Crippen molar-refractivity contribution in [2.45, 2.75) is 44.8 Å². The topological polar surface area (TPSA) is 49.3 Å². The highest BCUT2D eigenvalue weighted by molar-refractivity contribution is 5.87. The average Bonchev–Trinajstić information content (AvgIpc) is 2.22. The summed E-state index contributed by atoms with van der Waals surface area (Å²) in [7, 11) is 0. The van der Waals surface area contributed by atoms with Crippen molar-refractivity contribution in [2.75, 3.05) is 0 Å². The molecule has 0 aliphatic heterocycles. The van der Waals surface area contributed by atoms with Gasteiger partial charge in [-0.25, -0.2) is 0 Å². The third-order valence-corrected chi connectivity index (χ3v) is 2.59. The molecule has 1 saturated carbocycles. The molecule has 0 unspecified atom stereocenters. The van der Waals surface area contributed by atoms with Crippen LogP contribution < -0.4 is 5.32 Å². The van der Waals surface area contributed by atoms with Gasteiger partial charge < -0.3 is 10.4 Å². The van der Waals surface area contributed by atoms with Crippen molar-refractivity contribution < 1.29 is 9.90 Å². The number of aliphatic hydroxyl groups is 1. The lowest BCUT2D eigenvalue weighted by molar-refractivity contribution is -0.117. The number of carbonyl (C=O) groups excluding carboxylic acids is 1. The van der Waals surface area contributed by atoms with Gasteiger partial charge in [0, 0.05) is 12.1 Å². The molecule has 1 fully saturated rings. The second kappa shape index (κ2) is 6.40. The summed E-state index contributed by atoms with van der Waals surface area (Å²) < 4.78 is 0. The van der Waals surface area contributed by atoms with Gasteiger partial charge in [0.05, 0.1) is 6.10 Å². The summed E-state index contributed by atoms with van der Waals surface area (Å²) in [5.41, 5.74) is 0. The number of amides is 1. The molecule has 1 aliphatic carbocycles. The van der Waals surface area contributed by atoms with Crippen LogP contribution in [0.4, 0.5) is 0 Å². The second-order valence-electron chi connectivity index (χ2n) is 3.90. The van der Waals surface area contributed by atoms with Crippen molar-refractivity contribution in [3.05, 3.63) is 24.3 Å². The van der Waals surface area contributed by atoms with Crippen LogP contribution in [0.3, 0.4) is 0 Å². The highest BCUT2D eigenvalue weighted by atomic mass is 16.3. The Balaban J connectivity index is 2.26. The monoisotopic (exact) mass is 209 g/mol. The van der Waals surface area contributed by atoms with Crippen LogP contribution in [0.15, 0.2) is 24.3 Å². The maximum atomic E-state index is 11.4. The Labute approximate surface area is 90.9 Å². The molecular formula is C12H19NO2. The molecule has 1 rings (SSSR count). The van der Waals surface area contributed by atoms with E-state index in [4.69, 9.17) is 0 Å². The number of allylic oxidation sites excluding steroid dienone is 3. The Morgan fingerprint density at radius 2 is 1.93 bits per heavy atom. The fraction of sp³-hybridized carbons (Fsp3) is 0.583. The molecule has 0 aromatic carbocycles. The van der Waals surface area contributed by atoms with Crippen LogP contribution in [0.2, 0.25) is 0 Å². The zero-order chi connectivity index (χ0) is 11.1. The molecule has 15 heavy (non-hydrogen) atoms. The quantitative estimate of drug-likeness (QED) is 0.547. The van der Waals surface area contributed by atoms with Crippen LogP contribution in [0.5, 0.6) is 0 Å². The number of rotatable bonds is 3. The maximum absolute atomic E-state index is 11.4. The van der Waals surface area contributed by atoms with Gasteiger partial charge in [0.2, 0.25) is 5.91 Å². The lowest BCUT2D eigenvalue weighted by atomic mass is 9.93. The van der Waals surface area contributed by atoms with Crippen molar-refractivity contribution in [1.29, 1.82) is 0 Å².